The third-order valence-electron chi connectivity index (χ3n) is 2.70. The van der Waals surface area contributed by atoms with E-state index in [0.29, 0.717) is 11.3 Å². The fourth-order valence-corrected chi connectivity index (χ4v) is 2.62. The van der Waals surface area contributed by atoms with Crippen molar-refractivity contribution in [3.63, 3.8) is 0 Å². The van der Waals surface area contributed by atoms with Gasteiger partial charge in [-0.2, -0.15) is 13.2 Å². The van der Waals surface area contributed by atoms with Crippen LogP contribution in [-0.2, 0) is 6.18 Å². The van der Waals surface area contributed by atoms with Crippen molar-refractivity contribution in [3.05, 3.63) is 39.8 Å². The lowest BCUT2D eigenvalue weighted by Crippen LogP contribution is -2.33. The van der Waals surface area contributed by atoms with Crippen LogP contribution in [0.3, 0.4) is 0 Å². The summed E-state index contributed by atoms with van der Waals surface area (Å²) in [4.78, 5) is 14.8. The van der Waals surface area contributed by atoms with Crippen molar-refractivity contribution in [2.24, 2.45) is 0 Å². The molecule has 22 heavy (non-hydrogen) atoms. The molecule has 0 aliphatic carbocycles. The zero-order valence-electron chi connectivity index (χ0n) is 11.2. The number of nitrogens with zero attached hydrogens (tertiary/aromatic N) is 1. The maximum absolute atomic E-state index is 12.9. The fourth-order valence-electron chi connectivity index (χ4n) is 1.79. The molecular formula is C12H10BF3N2O3S. The van der Waals surface area contributed by atoms with Crippen LogP contribution in [-0.4, -0.2) is 28.1 Å². The highest BCUT2D eigenvalue weighted by atomic mass is 32.1. The Labute approximate surface area is 127 Å². The van der Waals surface area contributed by atoms with E-state index < -0.39 is 29.8 Å². The molecule has 0 atom stereocenters. The molecule has 0 radical (unpaired) electrons. The summed E-state index contributed by atoms with van der Waals surface area (Å²) in [6.45, 7) is 1.36. The molecule has 0 bridgehead atoms. The molecule has 2 rings (SSSR count). The number of amides is 1. The molecule has 1 amide bonds. The summed E-state index contributed by atoms with van der Waals surface area (Å²) >= 11 is 0.615. The van der Waals surface area contributed by atoms with Gasteiger partial charge in [-0.15, -0.1) is 11.3 Å². The van der Waals surface area contributed by atoms with Gasteiger partial charge in [-0.25, -0.2) is 4.98 Å². The number of alkyl halides is 3. The van der Waals surface area contributed by atoms with Gasteiger partial charge in [-0.1, -0.05) is 18.2 Å². The van der Waals surface area contributed by atoms with E-state index >= 15 is 0 Å². The van der Waals surface area contributed by atoms with Crippen molar-refractivity contribution < 1.29 is 28.0 Å². The number of hydrogen-bond donors (Lipinski definition) is 3. The SMILES string of the molecule is Cc1nc(C(F)(F)F)c(C(=O)Nc2ccccc2B(O)O)s1. The van der Waals surface area contributed by atoms with E-state index in [2.05, 4.69) is 10.3 Å². The van der Waals surface area contributed by atoms with Crippen molar-refractivity contribution in [2.45, 2.75) is 13.1 Å². The van der Waals surface area contributed by atoms with Crippen molar-refractivity contribution >= 4 is 35.5 Å². The lowest BCUT2D eigenvalue weighted by Gasteiger charge is -2.11. The number of benzene rings is 1. The molecule has 0 saturated heterocycles. The number of aromatic nitrogens is 1. The van der Waals surface area contributed by atoms with Crippen molar-refractivity contribution in [2.75, 3.05) is 5.32 Å². The molecular weight excluding hydrogens is 320 g/mol. The van der Waals surface area contributed by atoms with E-state index in [0.717, 1.165) is 0 Å². The van der Waals surface area contributed by atoms with Crippen LogP contribution < -0.4 is 10.8 Å². The highest BCUT2D eigenvalue weighted by Gasteiger charge is 2.39. The second kappa shape index (κ2) is 6.07. The van der Waals surface area contributed by atoms with Gasteiger partial charge in [0, 0.05) is 11.2 Å². The number of anilines is 1. The zero-order chi connectivity index (χ0) is 16.5. The largest absolute Gasteiger partial charge is 0.490 e. The Hall–Kier alpha value is -1.91. The fraction of sp³-hybridized carbons (Fsp3) is 0.167. The highest BCUT2D eigenvalue weighted by Crippen LogP contribution is 2.34. The second-order valence-electron chi connectivity index (χ2n) is 4.32. The average molecular weight is 330 g/mol. The Bertz CT molecular complexity index is 703. The number of aryl methyl sites for hydroxylation is 1. The minimum atomic E-state index is -4.74. The number of halogens is 3. The van der Waals surface area contributed by atoms with Crippen LogP contribution in [0.4, 0.5) is 18.9 Å². The predicted octanol–water partition coefficient (Wildman–Crippen LogP) is 1.40. The normalized spacial score (nSPS) is 11.4. The first kappa shape index (κ1) is 16.5. The van der Waals surface area contributed by atoms with Gasteiger partial charge in [0.15, 0.2) is 5.69 Å². The van der Waals surface area contributed by atoms with E-state index in [1.54, 1.807) is 0 Å². The van der Waals surface area contributed by atoms with Crippen LogP contribution in [0.15, 0.2) is 24.3 Å². The number of para-hydroxylation sites is 1. The topological polar surface area (TPSA) is 82.5 Å². The van der Waals surface area contributed by atoms with Crippen molar-refractivity contribution in [1.82, 2.24) is 4.98 Å². The molecule has 0 fully saturated rings. The smallest absolute Gasteiger partial charge is 0.423 e. The highest BCUT2D eigenvalue weighted by molar-refractivity contribution is 7.13. The van der Waals surface area contributed by atoms with Crippen LogP contribution in [0.1, 0.15) is 20.4 Å². The summed E-state index contributed by atoms with van der Waals surface area (Å²) < 4.78 is 38.6. The van der Waals surface area contributed by atoms with Gasteiger partial charge < -0.3 is 15.4 Å². The summed E-state index contributed by atoms with van der Waals surface area (Å²) in [5, 5.41) is 20.7. The Kier molecular flexibility index (Phi) is 4.54. The quantitative estimate of drug-likeness (QED) is 0.743. The number of carbonyl (C=O) groups is 1. The van der Waals surface area contributed by atoms with Gasteiger partial charge in [-0.05, 0) is 13.0 Å². The molecule has 5 nitrogen and oxygen atoms in total. The molecule has 10 heteroatoms. The van der Waals surface area contributed by atoms with Gasteiger partial charge in [0.05, 0.1) is 5.01 Å². The average Bonchev–Trinajstić information content (AvgIpc) is 2.81. The van der Waals surface area contributed by atoms with E-state index in [1.165, 1.54) is 31.2 Å². The molecule has 0 unspecified atom stereocenters. The molecule has 0 aliphatic heterocycles. The summed E-state index contributed by atoms with van der Waals surface area (Å²) in [6, 6.07) is 5.70. The molecule has 1 heterocycles. The molecule has 0 aliphatic rings. The number of carbonyl (C=O) groups excluding carboxylic acids is 1. The Balaban J connectivity index is 2.35. The summed E-state index contributed by atoms with van der Waals surface area (Å²) in [5.41, 5.74) is -1.26. The molecule has 0 saturated carbocycles. The van der Waals surface area contributed by atoms with Crippen LogP contribution in [0.2, 0.25) is 0 Å². The standard InChI is InChI=1S/C12H10BF3N2O3S/c1-6-17-10(12(14,15)16)9(22-6)11(19)18-8-5-3-2-4-7(8)13(20)21/h2-5,20-21H,1H3,(H,18,19). The maximum atomic E-state index is 12.9. The first-order chi connectivity index (χ1) is 10.2. The number of thiazole rings is 1. The Morgan fingerprint density at radius 3 is 2.55 bits per heavy atom. The first-order valence-corrected chi connectivity index (χ1v) is 6.83. The van der Waals surface area contributed by atoms with Crippen molar-refractivity contribution in [3.8, 4) is 0 Å². The molecule has 2 aromatic rings. The van der Waals surface area contributed by atoms with E-state index in [4.69, 9.17) is 0 Å². The van der Waals surface area contributed by atoms with Gasteiger partial charge in [0.1, 0.15) is 4.88 Å². The second-order valence-corrected chi connectivity index (χ2v) is 5.53. The van der Waals surface area contributed by atoms with E-state index in [-0.39, 0.29) is 16.2 Å². The summed E-state index contributed by atoms with van der Waals surface area (Å²) in [6.07, 6.45) is -4.74. The van der Waals surface area contributed by atoms with Crippen LogP contribution >= 0.6 is 11.3 Å². The minimum Gasteiger partial charge on any atom is -0.423 e. The third kappa shape index (κ3) is 3.46. The van der Waals surface area contributed by atoms with Gasteiger partial charge in [0.2, 0.25) is 0 Å². The van der Waals surface area contributed by atoms with Crippen LogP contribution in [0.25, 0.3) is 0 Å². The molecule has 1 aromatic carbocycles. The number of nitrogens with one attached hydrogen (secondary N) is 1. The Morgan fingerprint density at radius 1 is 1.32 bits per heavy atom. The van der Waals surface area contributed by atoms with Crippen molar-refractivity contribution in [1.29, 1.82) is 0 Å². The number of rotatable bonds is 3. The molecule has 0 spiro atoms. The summed E-state index contributed by atoms with van der Waals surface area (Å²) in [7, 11) is -1.86. The first-order valence-electron chi connectivity index (χ1n) is 6.01. The van der Waals surface area contributed by atoms with Crippen LogP contribution in [0, 0.1) is 6.92 Å². The maximum Gasteiger partial charge on any atom is 0.490 e. The van der Waals surface area contributed by atoms with Gasteiger partial charge >= 0.3 is 13.3 Å². The monoisotopic (exact) mass is 330 g/mol. The lowest BCUT2D eigenvalue weighted by atomic mass is 9.79. The van der Waals surface area contributed by atoms with E-state index in [9.17, 15) is 28.0 Å². The lowest BCUT2D eigenvalue weighted by molar-refractivity contribution is -0.141. The molecule has 116 valence electrons. The van der Waals surface area contributed by atoms with Gasteiger partial charge in [0.25, 0.3) is 5.91 Å². The van der Waals surface area contributed by atoms with Gasteiger partial charge in [-0.3, -0.25) is 4.79 Å². The Morgan fingerprint density at radius 2 is 1.95 bits per heavy atom. The predicted molar refractivity (Wildman–Crippen MR) is 76.1 cm³/mol. The summed E-state index contributed by atoms with van der Waals surface area (Å²) in [5.74, 6) is -1.01. The molecule has 3 N–H and O–H groups in total. The minimum absolute atomic E-state index is 0.0154. The molecule has 1 aromatic heterocycles. The zero-order valence-corrected chi connectivity index (χ0v) is 12.0. The van der Waals surface area contributed by atoms with Crippen LogP contribution in [0.5, 0.6) is 0 Å². The van der Waals surface area contributed by atoms with E-state index in [1.807, 2.05) is 0 Å². The third-order valence-corrected chi connectivity index (χ3v) is 3.67. The number of hydrogen-bond acceptors (Lipinski definition) is 5.